The number of hydrogen-bond acceptors (Lipinski definition) is 5. The second-order valence-corrected chi connectivity index (χ2v) is 6.15. The highest BCUT2D eigenvalue weighted by Gasteiger charge is 2.32. The van der Waals surface area contributed by atoms with Crippen molar-refractivity contribution in [3.05, 3.63) is 29.8 Å². The number of benzene rings is 1. The number of aliphatic hydroxyl groups is 1. The lowest BCUT2D eigenvalue weighted by molar-refractivity contribution is 0.0924. The van der Waals surface area contributed by atoms with Crippen molar-refractivity contribution in [1.82, 2.24) is 14.9 Å². The maximum Gasteiger partial charge on any atom is 0.145 e. The monoisotopic (exact) mass is 328 g/mol. The first-order valence-electron chi connectivity index (χ1n) is 8.07. The topological polar surface area (TPSA) is 94.5 Å². The maximum atomic E-state index is 10.4. The number of amidine groups is 1. The summed E-state index contributed by atoms with van der Waals surface area (Å²) in [4.78, 5) is 9.53. The van der Waals surface area contributed by atoms with Crippen molar-refractivity contribution < 1.29 is 14.6 Å². The Morgan fingerprint density at radius 2 is 2.38 bits per heavy atom. The quantitative estimate of drug-likeness (QED) is 0.800. The predicted molar refractivity (Wildman–Crippen MR) is 90.5 cm³/mol. The van der Waals surface area contributed by atoms with E-state index in [2.05, 4.69) is 9.97 Å². The largest absolute Gasteiger partial charge is 0.510 e. The molecule has 0 amide bonds. The molecule has 0 aliphatic carbocycles. The van der Waals surface area contributed by atoms with E-state index in [4.69, 9.17) is 14.9 Å². The zero-order valence-electron chi connectivity index (χ0n) is 13.5. The molecule has 2 aliphatic rings. The third-order valence-electron chi connectivity index (χ3n) is 4.56. The van der Waals surface area contributed by atoms with Crippen LogP contribution >= 0.6 is 0 Å². The SMILES string of the molecule is COc1ccc2nc(C3=C(O)CN(CC4CCCO4)C3=N)[nH]c2c1. The summed E-state index contributed by atoms with van der Waals surface area (Å²) in [5.74, 6) is 1.70. The standard InChI is InChI=1S/C17H20N4O3/c1-23-10-4-5-12-13(7-10)20-17(19-12)15-14(22)9-21(16(15)18)8-11-3-2-6-24-11/h4-5,7,11,18,22H,2-3,6,8-9H2,1H3,(H,19,20). The lowest BCUT2D eigenvalue weighted by Gasteiger charge is -2.21. The number of hydrogen-bond donors (Lipinski definition) is 3. The Balaban J connectivity index is 1.60. The fraction of sp³-hybridized carbons (Fsp3) is 0.412. The molecule has 1 saturated heterocycles. The zero-order chi connectivity index (χ0) is 16.7. The molecule has 1 atom stereocenters. The van der Waals surface area contributed by atoms with Crippen molar-refractivity contribution in [2.24, 2.45) is 0 Å². The van der Waals surface area contributed by atoms with Crippen LogP contribution in [0.4, 0.5) is 0 Å². The van der Waals surface area contributed by atoms with Gasteiger partial charge in [-0.1, -0.05) is 0 Å². The van der Waals surface area contributed by atoms with E-state index in [1.54, 1.807) is 7.11 Å². The van der Waals surface area contributed by atoms with Gasteiger partial charge in [0, 0.05) is 19.2 Å². The molecule has 24 heavy (non-hydrogen) atoms. The Morgan fingerprint density at radius 3 is 3.12 bits per heavy atom. The van der Waals surface area contributed by atoms with Gasteiger partial charge in [0.2, 0.25) is 0 Å². The fourth-order valence-electron chi connectivity index (χ4n) is 3.31. The number of aromatic amines is 1. The summed E-state index contributed by atoms with van der Waals surface area (Å²) in [7, 11) is 1.61. The van der Waals surface area contributed by atoms with E-state index >= 15 is 0 Å². The van der Waals surface area contributed by atoms with Gasteiger partial charge < -0.3 is 24.5 Å². The van der Waals surface area contributed by atoms with Crippen molar-refractivity contribution in [3.63, 3.8) is 0 Å². The molecular weight excluding hydrogens is 308 g/mol. The normalized spacial score (nSPS) is 21.3. The van der Waals surface area contributed by atoms with Crippen molar-refractivity contribution in [3.8, 4) is 5.75 Å². The Labute approximate surface area is 139 Å². The van der Waals surface area contributed by atoms with Crippen molar-refractivity contribution in [2.45, 2.75) is 18.9 Å². The lowest BCUT2D eigenvalue weighted by atomic mass is 10.2. The molecule has 0 saturated carbocycles. The van der Waals surface area contributed by atoms with Crippen LogP contribution in [0.15, 0.2) is 24.0 Å². The number of aromatic nitrogens is 2. The fourth-order valence-corrected chi connectivity index (χ4v) is 3.31. The van der Waals surface area contributed by atoms with Crippen LogP contribution in [0.2, 0.25) is 0 Å². The number of imidazole rings is 1. The van der Waals surface area contributed by atoms with Gasteiger partial charge in [-0.2, -0.15) is 0 Å². The van der Waals surface area contributed by atoms with Crippen LogP contribution in [0.5, 0.6) is 5.75 Å². The smallest absolute Gasteiger partial charge is 0.145 e. The van der Waals surface area contributed by atoms with Gasteiger partial charge in [0.1, 0.15) is 23.2 Å². The summed E-state index contributed by atoms with van der Waals surface area (Å²) in [6.07, 6.45) is 2.20. The average Bonchev–Trinajstić information content (AvgIpc) is 3.27. The van der Waals surface area contributed by atoms with Gasteiger partial charge in [-0.05, 0) is 25.0 Å². The summed E-state index contributed by atoms with van der Waals surface area (Å²) >= 11 is 0. The third-order valence-corrected chi connectivity index (χ3v) is 4.56. The summed E-state index contributed by atoms with van der Waals surface area (Å²) in [6.45, 7) is 1.73. The number of ether oxygens (including phenoxy) is 2. The molecule has 2 aromatic rings. The molecule has 4 rings (SSSR count). The number of H-pyrrole nitrogens is 1. The number of fused-ring (bicyclic) bond motifs is 1. The van der Waals surface area contributed by atoms with Gasteiger partial charge in [-0.25, -0.2) is 4.98 Å². The minimum atomic E-state index is 0.137. The molecule has 0 radical (unpaired) electrons. The molecule has 3 N–H and O–H groups in total. The number of nitrogens with zero attached hydrogens (tertiary/aromatic N) is 2. The molecule has 7 nitrogen and oxygen atoms in total. The minimum absolute atomic E-state index is 0.137. The maximum absolute atomic E-state index is 10.4. The number of methoxy groups -OCH3 is 1. The summed E-state index contributed by atoms with van der Waals surface area (Å²) in [5.41, 5.74) is 2.05. The molecule has 3 heterocycles. The van der Waals surface area contributed by atoms with E-state index in [0.29, 0.717) is 24.5 Å². The Bertz CT molecular complexity index is 820. The van der Waals surface area contributed by atoms with Crippen molar-refractivity contribution in [1.29, 1.82) is 5.41 Å². The molecule has 1 aromatic heterocycles. The Kier molecular flexibility index (Phi) is 3.65. The summed E-state index contributed by atoms with van der Waals surface area (Å²) < 4.78 is 10.9. The van der Waals surface area contributed by atoms with Crippen LogP contribution in [0.1, 0.15) is 18.7 Å². The number of nitrogens with one attached hydrogen (secondary N) is 2. The first kappa shape index (κ1) is 15.0. The third kappa shape index (κ3) is 2.50. The predicted octanol–water partition coefficient (Wildman–Crippen LogP) is 2.31. The van der Waals surface area contributed by atoms with E-state index in [1.165, 1.54) is 0 Å². The Morgan fingerprint density at radius 1 is 1.50 bits per heavy atom. The second kappa shape index (κ2) is 5.83. The zero-order valence-corrected chi connectivity index (χ0v) is 13.5. The molecule has 0 bridgehead atoms. The van der Waals surface area contributed by atoms with E-state index < -0.39 is 0 Å². The van der Waals surface area contributed by atoms with E-state index in [9.17, 15) is 5.11 Å². The van der Waals surface area contributed by atoms with Gasteiger partial charge in [0.25, 0.3) is 0 Å². The summed E-state index contributed by atoms with van der Waals surface area (Å²) in [5, 5.41) is 18.8. The second-order valence-electron chi connectivity index (χ2n) is 6.15. The van der Waals surface area contributed by atoms with Gasteiger partial charge in [-0.3, -0.25) is 5.41 Å². The van der Waals surface area contributed by atoms with Crippen LogP contribution in [-0.4, -0.2) is 58.7 Å². The number of aliphatic hydroxyl groups excluding tert-OH is 1. The van der Waals surface area contributed by atoms with Crippen molar-refractivity contribution in [2.75, 3.05) is 26.8 Å². The van der Waals surface area contributed by atoms with E-state index in [-0.39, 0.29) is 17.7 Å². The van der Waals surface area contributed by atoms with E-state index in [1.807, 2.05) is 23.1 Å². The first-order chi connectivity index (χ1) is 11.7. The molecule has 1 aromatic carbocycles. The van der Waals surface area contributed by atoms with Crippen LogP contribution in [0.25, 0.3) is 16.6 Å². The average molecular weight is 328 g/mol. The highest BCUT2D eigenvalue weighted by molar-refractivity contribution is 6.23. The van der Waals surface area contributed by atoms with E-state index in [0.717, 1.165) is 36.2 Å². The molecule has 7 heteroatoms. The van der Waals surface area contributed by atoms with Crippen LogP contribution in [0, 0.1) is 5.41 Å². The Hall–Kier alpha value is -2.54. The van der Waals surface area contributed by atoms with Gasteiger partial charge in [0.15, 0.2) is 0 Å². The summed E-state index contributed by atoms with van der Waals surface area (Å²) in [6, 6.07) is 5.55. The highest BCUT2D eigenvalue weighted by atomic mass is 16.5. The van der Waals surface area contributed by atoms with Gasteiger partial charge in [0.05, 0.1) is 36.4 Å². The molecule has 126 valence electrons. The minimum Gasteiger partial charge on any atom is -0.510 e. The van der Waals surface area contributed by atoms with Crippen LogP contribution < -0.4 is 4.74 Å². The first-order valence-corrected chi connectivity index (χ1v) is 8.07. The molecule has 0 spiro atoms. The van der Waals surface area contributed by atoms with Gasteiger partial charge >= 0.3 is 0 Å². The lowest BCUT2D eigenvalue weighted by Crippen LogP contribution is -2.34. The van der Waals surface area contributed by atoms with Crippen LogP contribution in [-0.2, 0) is 4.74 Å². The highest BCUT2D eigenvalue weighted by Crippen LogP contribution is 2.29. The molecule has 1 fully saturated rings. The van der Waals surface area contributed by atoms with Crippen molar-refractivity contribution >= 4 is 22.4 Å². The molecule has 1 unspecified atom stereocenters. The van der Waals surface area contributed by atoms with Gasteiger partial charge in [-0.15, -0.1) is 0 Å². The molecular formula is C17H20N4O3. The number of rotatable bonds is 4. The molecule has 2 aliphatic heterocycles. The van der Waals surface area contributed by atoms with Crippen LogP contribution in [0.3, 0.4) is 0 Å².